The van der Waals surface area contributed by atoms with Gasteiger partial charge in [0.1, 0.15) is 5.82 Å². The zero-order chi connectivity index (χ0) is 12.3. The molecule has 0 aliphatic carbocycles. The lowest BCUT2D eigenvalue weighted by atomic mass is 10.2. The zero-order valence-corrected chi connectivity index (χ0v) is 9.43. The Morgan fingerprint density at radius 3 is 2.47 bits per heavy atom. The van der Waals surface area contributed by atoms with Crippen molar-refractivity contribution in [1.82, 2.24) is 0 Å². The Hall–Kier alpha value is -2.16. The Bertz CT molecular complexity index is 546. The number of hydrogen-bond acceptors (Lipinski definition) is 1. The van der Waals surface area contributed by atoms with Gasteiger partial charge in [0.25, 0.3) is 0 Å². The summed E-state index contributed by atoms with van der Waals surface area (Å²) in [6.07, 6.45) is 1.42. The second-order valence-electron chi connectivity index (χ2n) is 3.85. The first-order valence-electron chi connectivity index (χ1n) is 5.28. The van der Waals surface area contributed by atoms with E-state index in [1.165, 1.54) is 18.3 Å². The van der Waals surface area contributed by atoms with Crippen molar-refractivity contribution in [2.75, 3.05) is 0 Å². The lowest BCUT2D eigenvalue weighted by Crippen LogP contribution is -1.98. The van der Waals surface area contributed by atoms with Crippen molar-refractivity contribution in [3.63, 3.8) is 0 Å². The molecule has 2 aromatic carbocycles. The quantitative estimate of drug-likeness (QED) is 0.335. The van der Waals surface area contributed by atoms with E-state index in [1.807, 2.05) is 19.1 Å². The molecule has 0 fully saturated rings. The lowest BCUT2D eigenvalue weighted by molar-refractivity contribution is -0.354. The summed E-state index contributed by atoms with van der Waals surface area (Å²) < 4.78 is 13.5. The van der Waals surface area contributed by atoms with E-state index in [9.17, 15) is 9.60 Å². The minimum Gasteiger partial charge on any atom is -0.618 e. The van der Waals surface area contributed by atoms with E-state index in [4.69, 9.17) is 0 Å². The fraction of sp³-hybridized carbons (Fsp3) is 0.0714. The van der Waals surface area contributed by atoms with Crippen LogP contribution in [0.3, 0.4) is 0 Å². The average Bonchev–Trinajstić information content (AvgIpc) is 2.32. The smallest absolute Gasteiger partial charge is 0.216 e. The highest BCUT2D eigenvalue weighted by Gasteiger charge is 2.01. The Morgan fingerprint density at radius 2 is 1.82 bits per heavy atom. The summed E-state index contributed by atoms with van der Waals surface area (Å²) in [4.78, 5) is 0. The van der Waals surface area contributed by atoms with Crippen molar-refractivity contribution in [2.24, 2.45) is 0 Å². The summed E-state index contributed by atoms with van der Waals surface area (Å²) in [5, 5.41) is 11.8. The highest BCUT2D eigenvalue weighted by Crippen LogP contribution is 2.12. The van der Waals surface area contributed by atoms with Crippen molar-refractivity contribution in [3.05, 3.63) is 70.7 Å². The van der Waals surface area contributed by atoms with Gasteiger partial charge in [0.15, 0.2) is 6.21 Å². The summed E-state index contributed by atoms with van der Waals surface area (Å²) in [6, 6.07) is 13.1. The van der Waals surface area contributed by atoms with Gasteiger partial charge in [-0.3, -0.25) is 0 Å². The van der Waals surface area contributed by atoms with Gasteiger partial charge in [-0.2, -0.15) is 4.74 Å². The lowest BCUT2D eigenvalue weighted by Gasteiger charge is -2.03. The molecule has 0 heterocycles. The van der Waals surface area contributed by atoms with Crippen LogP contribution in [0.4, 0.5) is 10.1 Å². The molecule has 86 valence electrons. The Morgan fingerprint density at radius 1 is 1.12 bits per heavy atom. The second-order valence-corrected chi connectivity index (χ2v) is 3.85. The maximum absolute atomic E-state index is 12.7. The first-order chi connectivity index (χ1) is 8.15. The first kappa shape index (κ1) is 11.3. The number of rotatable bonds is 2. The van der Waals surface area contributed by atoms with Gasteiger partial charge in [0, 0.05) is 17.7 Å². The molecule has 2 nitrogen and oxygen atoms in total. The van der Waals surface area contributed by atoms with Crippen LogP contribution in [-0.2, 0) is 0 Å². The number of benzene rings is 2. The van der Waals surface area contributed by atoms with Crippen molar-refractivity contribution < 1.29 is 9.13 Å². The fourth-order valence-electron chi connectivity index (χ4n) is 1.52. The highest BCUT2D eigenvalue weighted by molar-refractivity contribution is 5.76. The number of nitrogens with zero attached hydrogens (tertiary/aromatic N) is 1. The van der Waals surface area contributed by atoms with Gasteiger partial charge < -0.3 is 5.21 Å². The summed E-state index contributed by atoms with van der Waals surface area (Å²) in [7, 11) is 0. The molecule has 0 bridgehead atoms. The maximum atomic E-state index is 12.7. The van der Waals surface area contributed by atoms with E-state index < -0.39 is 0 Å². The van der Waals surface area contributed by atoms with Gasteiger partial charge in [-0.1, -0.05) is 12.1 Å². The van der Waals surface area contributed by atoms with E-state index in [1.54, 1.807) is 24.3 Å². The summed E-state index contributed by atoms with van der Waals surface area (Å²) >= 11 is 0. The van der Waals surface area contributed by atoms with Crippen LogP contribution in [0.5, 0.6) is 0 Å². The van der Waals surface area contributed by atoms with E-state index in [0.717, 1.165) is 10.3 Å². The molecule has 0 atom stereocenters. The topological polar surface area (TPSA) is 26.1 Å². The Kier molecular flexibility index (Phi) is 3.19. The van der Waals surface area contributed by atoms with Gasteiger partial charge in [0.2, 0.25) is 5.69 Å². The van der Waals surface area contributed by atoms with Crippen molar-refractivity contribution in [1.29, 1.82) is 0 Å². The molecule has 3 heteroatoms. The van der Waals surface area contributed by atoms with Crippen molar-refractivity contribution in [2.45, 2.75) is 6.92 Å². The number of halogens is 1. The van der Waals surface area contributed by atoms with Gasteiger partial charge >= 0.3 is 0 Å². The second kappa shape index (κ2) is 4.78. The molecule has 0 aromatic heterocycles. The SMILES string of the molecule is Cc1cccc([N+]([O-])=Cc2ccc(F)cc2)c1. The Balaban J connectivity index is 2.30. The summed E-state index contributed by atoms with van der Waals surface area (Å²) in [5.41, 5.74) is 2.26. The summed E-state index contributed by atoms with van der Waals surface area (Å²) in [6.45, 7) is 1.93. The van der Waals surface area contributed by atoms with Gasteiger partial charge in [-0.25, -0.2) is 4.39 Å². The van der Waals surface area contributed by atoms with E-state index in [-0.39, 0.29) is 5.82 Å². The minimum absolute atomic E-state index is 0.310. The molecular formula is C14H12FNO. The van der Waals surface area contributed by atoms with Crippen LogP contribution in [0.25, 0.3) is 0 Å². The van der Waals surface area contributed by atoms with E-state index in [2.05, 4.69) is 0 Å². The molecule has 0 amide bonds. The van der Waals surface area contributed by atoms with E-state index >= 15 is 0 Å². The number of aryl methyl sites for hydroxylation is 1. The maximum Gasteiger partial charge on any atom is 0.216 e. The molecule has 0 aliphatic rings. The molecule has 0 saturated carbocycles. The predicted octanol–water partition coefficient (Wildman–Crippen LogP) is 3.40. The molecule has 2 aromatic rings. The monoisotopic (exact) mass is 229 g/mol. The minimum atomic E-state index is -0.310. The number of hydrogen-bond donors (Lipinski definition) is 0. The molecule has 17 heavy (non-hydrogen) atoms. The van der Waals surface area contributed by atoms with Crippen LogP contribution in [0.1, 0.15) is 11.1 Å². The third-order valence-electron chi connectivity index (χ3n) is 2.39. The van der Waals surface area contributed by atoms with Crippen LogP contribution < -0.4 is 0 Å². The van der Waals surface area contributed by atoms with Crippen LogP contribution in [0.15, 0.2) is 48.5 Å². The van der Waals surface area contributed by atoms with Crippen LogP contribution in [-0.4, -0.2) is 11.0 Å². The van der Waals surface area contributed by atoms with Crippen molar-refractivity contribution >= 4 is 11.9 Å². The van der Waals surface area contributed by atoms with E-state index in [0.29, 0.717) is 11.3 Å². The van der Waals surface area contributed by atoms with Gasteiger partial charge in [-0.15, -0.1) is 0 Å². The summed E-state index contributed by atoms with van der Waals surface area (Å²) in [5.74, 6) is -0.310. The third kappa shape index (κ3) is 2.91. The van der Waals surface area contributed by atoms with Crippen molar-refractivity contribution in [3.8, 4) is 0 Å². The fourth-order valence-corrected chi connectivity index (χ4v) is 1.52. The molecule has 0 unspecified atom stereocenters. The first-order valence-corrected chi connectivity index (χ1v) is 5.28. The highest BCUT2D eigenvalue weighted by atomic mass is 19.1. The third-order valence-corrected chi connectivity index (χ3v) is 2.39. The standard InChI is InChI=1S/C14H12FNO/c1-11-3-2-4-14(9-11)16(17)10-12-5-7-13(15)8-6-12/h2-10H,1H3. The van der Waals surface area contributed by atoms with Crippen LogP contribution in [0, 0.1) is 17.9 Å². The average molecular weight is 229 g/mol. The molecule has 0 N–H and O–H groups in total. The Labute approximate surface area is 99.2 Å². The molecule has 0 radical (unpaired) electrons. The van der Waals surface area contributed by atoms with Gasteiger partial charge in [-0.05, 0) is 36.8 Å². The predicted molar refractivity (Wildman–Crippen MR) is 66.0 cm³/mol. The van der Waals surface area contributed by atoms with Crippen LogP contribution >= 0.6 is 0 Å². The van der Waals surface area contributed by atoms with Gasteiger partial charge in [0.05, 0.1) is 0 Å². The molecule has 2 rings (SSSR count). The van der Waals surface area contributed by atoms with Crippen LogP contribution in [0.2, 0.25) is 0 Å². The molecule has 0 saturated heterocycles. The normalized spacial score (nSPS) is 11.5. The molecule has 0 aliphatic heterocycles. The zero-order valence-electron chi connectivity index (χ0n) is 9.43. The molecule has 0 spiro atoms. The molecular weight excluding hydrogens is 217 g/mol. The largest absolute Gasteiger partial charge is 0.618 e.